The lowest BCUT2D eigenvalue weighted by atomic mass is 9.99. The van der Waals surface area contributed by atoms with Gasteiger partial charge in [0.05, 0.1) is 12.6 Å². The number of hydrogen-bond donors (Lipinski definition) is 1. The maximum absolute atomic E-state index is 12.7. The van der Waals surface area contributed by atoms with Crippen LogP contribution in [-0.2, 0) is 9.47 Å². The summed E-state index contributed by atoms with van der Waals surface area (Å²) in [6, 6.07) is 7.24. The molecule has 1 aliphatic heterocycles. The Morgan fingerprint density at radius 3 is 2.57 bits per heavy atom. The Balaban J connectivity index is 2.04. The molecule has 2 heterocycles. The molecule has 0 bridgehead atoms. The van der Waals surface area contributed by atoms with Gasteiger partial charge in [0.1, 0.15) is 0 Å². The summed E-state index contributed by atoms with van der Waals surface area (Å²) in [4.78, 5) is 14.5. The number of H-pyrrole nitrogens is 1. The number of carbonyl (C=O) groups excluding carboxylic acids is 1. The summed E-state index contributed by atoms with van der Waals surface area (Å²) in [7, 11) is 3.10. The molecule has 6 nitrogen and oxygen atoms in total. The SMILES string of the molecule is COC(CN1C(=O)c2n[nH]c(C)c2C1c1ccc(Cl)cc1)OC. The molecule has 23 heavy (non-hydrogen) atoms. The normalized spacial score (nSPS) is 17.2. The van der Waals surface area contributed by atoms with Gasteiger partial charge in [-0.3, -0.25) is 9.89 Å². The standard InChI is InChI=1S/C16H18ClN3O3/c1-9-13-14(19-18-9)16(21)20(8-12(22-2)23-3)15(13)10-4-6-11(17)7-5-10/h4-7,12,15H,8H2,1-3H3,(H,18,19). The van der Waals surface area contributed by atoms with Crippen molar-refractivity contribution in [3.63, 3.8) is 0 Å². The van der Waals surface area contributed by atoms with E-state index >= 15 is 0 Å². The molecule has 0 aliphatic carbocycles. The monoisotopic (exact) mass is 335 g/mol. The van der Waals surface area contributed by atoms with Gasteiger partial charge in [-0.05, 0) is 24.6 Å². The fourth-order valence-corrected chi connectivity index (χ4v) is 3.06. The number of ether oxygens (including phenoxy) is 2. The largest absolute Gasteiger partial charge is 0.354 e. The van der Waals surface area contributed by atoms with E-state index in [0.717, 1.165) is 16.8 Å². The maximum Gasteiger partial charge on any atom is 0.275 e. The Morgan fingerprint density at radius 2 is 1.96 bits per heavy atom. The molecule has 1 atom stereocenters. The van der Waals surface area contributed by atoms with Crippen molar-refractivity contribution in [1.29, 1.82) is 0 Å². The number of rotatable bonds is 5. The zero-order valence-electron chi connectivity index (χ0n) is 13.2. The zero-order chi connectivity index (χ0) is 16.6. The molecule has 0 fully saturated rings. The second-order valence-corrected chi connectivity index (χ2v) is 5.86. The van der Waals surface area contributed by atoms with E-state index in [2.05, 4.69) is 10.2 Å². The number of nitrogens with one attached hydrogen (secondary N) is 1. The Bertz CT molecular complexity index is 710. The van der Waals surface area contributed by atoms with Crippen LogP contribution in [0.2, 0.25) is 5.02 Å². The van der Waals surface area contributed by atoms with Gasteiger partial charge in [-0.15, -0.1) is 0 Å². The third-order valence-electron chi connectivity index (χ3n) is 4.10. The first-order valence-corrected chi connectivity index (χ1v) is 7.61. The summed E-state index contributed by atoms with van der Waals surface area (Å²) in [6.45, 7) is 2.23. The van der Waals surface area contributed by atoms with Crippen molar-refractivity contribution in [2.24, 2.45) is 0 Å². The number of aromatic amines is 1. The predicted octanol–water partition coefficient (Wildman–Crippen LogP) is 2.54. The van der Waals surface area contributed by atoms with Gasteiger partial charge in [0.2, 0.25) is 0 Å². The molecular weight excluding hydrogens is 318 g/mol. The molecule has 1 N–H and O–H groups in total. The molecular formula is C16H18ClN3O3. The van der Waals surface area contributed by atoms with E-state index in [1.807, 2.05) is 31.2 Å². The first-order valence-electron chi connectivity index (χ1n) is 7.23. The fraction of sp³-hybridized carbons (Fsp3) is 0.375. The lowest BCUT2D eigenvalue weighted by Crippen LogP contribution is -2.38. The number of halogens is 1. The molecule has 7 heteroatoms. The van der Waals surface area contributed by atoms with Gasteiger partial charge >= 0.3 is 0 Å². The summed E-state index contributed by atoms with van der Waals surface area (Å²) in [5, 5.41) is 7.71. The minimum atomic E-state index is -0.498. The number of nitrogens with zero attached hydrogens (tertiary/aromatic N) is 2. The van der Waals surface area contributed by atoms with Crippen LogP contribution in [0.3, 0.4) is 0 Å². The van der Waals surface area contributed by atoms with Crippen LogP contribution in [0.15, 0.2) is 24.3 Å². The maximum atomic E-state index is 12.7. The van der Waals surface area contributed by atoms with Crippen molar-refractivity contribution in [2.75, 3.05) is 20.8 Å². The highest BCUT2D eigenvalue weighted by atomic mass is 35.5. The van der Waals surface area contributed by atoms with Crippen molar-refractivity contribution in [3.05, 3.63) is 51.8 Å². The van der Waals surface area contributed by atoms with Crippen molar-refractivity contribution in [1.82, 2.24) is 15.1 Å². The summed E-state index contributed by atoms with van der Waals surface area (Å²) < 4.78 is 10.5. The first kappa shape index (κ1) is 16.0. The van der Waals surface area contributed by atoms with E-state index in [-0.39, 0.29) is 11.9 Å². The fourth-order valence-electron chi connectivity index (χ4n) is 2.93. The van der Waals surface area contributed by atoms with Crippen molar-refractivity contribution in [2.45, 2.75) is 19.3 Å². The summed E-state index contributed by atoms with van der Waals surface area (Å²) >= 11 is 5.98. The number of methoxy groups -OCH3 is 2. The van der Waals surface area contributed by atoms with Crippen LogP contribution in [-0.4, -0.2) is 48.1 Å². The Labute approximate surface area is 139 Å². The Kier molecular flexibility index (Phi) is 4.39. The number of aryl methyl sites for hydroxylation is 1. The van der Waals surface area contributed by atoms with Gasteiger partial charge in [0, 0.05) is 30.5 Å². The van der Waals surface area contributed by atoms with Crippen molar-refractivity contribution >= 4 is 17.5 Å². The number of benzene rings is 1. The smallest absolute Gasteiger partial charge is 0.275 e. The second kappa shape index (κ2) is 6.31. The summed E-state index contributed by atoms with van der Waals surface area (Å²) in [5.41, 5.74) is 3.19. The molecule has 2 aromatic rings. The van der Waals surface area contributed by atoms with Crippen molar-refractivity contribution < 1.29 is 14.3 Å². The van der Waals surface area contributed by atoms with Crippen LogP contribution < -0.4 is 0 Å². The molecule has 0 saturated carbocycles. The van der Waals surface area contributed by atoms with E-state index in [1.165, 1.54) is 0 Å². The Morgan fingerprint density at radius 1 is 1.30 bits per heavy atom. The van der Waals surface area contributed by atoms with E-state index in [9.17, 15) is 4.79 Å². The van der Waals surface area contributed by atoms with Crippen LogP contribution in [0.1, 0.15) is 33.4 Å². The van der Waals surface area contributed by atoms with Crippen LogP contribution in [0, 0.1) is 6.92 Å². The number of fused-ring (bicyclic) bond motifs is 1. The average molecular weight is 336 g/mol. The van der Waals surface area contributed by atoms with Crippen LogP contribution in [0.5, 0.6) is 0 Å². The van der Waals surface area contributed by atoms with Gasteiger partial charge in [0.15, 0.2) is 12.0 Å². The quantitative estimate of drug-likeness (QED) is 0.853. The minimum Gasteiger partial charge on any atom is -0.354 e. The molecule has 122 valence electrons. The topological polar surface area (TPSA) is 67.5 Å². The third kappa shape index (κ3) is 2.73. The van der Waals surface area contributed by atoms with Crippen LogP contribution in [0.4, 0.5) is 0 Å². The van der Waals surface area contributed by atoms with Gasteiger partial charge < -0.3 is 14.4 Å². The predicted molar refractivity (Wildman–Crippen MR) is 85.5 cm³/mol. The molecule has 1 aromatic carbocycles. The molecule has 3 rings (SSSR count). The lowest BCUT2D eigenvalue weighted by molar-refractivity contribution is -0.113. The van der Waals surface area contributed by atoms with Gasteiger partial charge in [-0.2, -0.15) is 5.10 Å². The van der Waals surface area contributed by atoms with Gasteiger partial charge in [0.25, 0.3) is 5.91 Å². The number of amides is 1. The minimum absolute atomic E-state index is 0.136. The zero-order valence-corrected chi connectivity index (χ0v) is 13.9. The number of aromatic nitrogens is 2. The first-order chi connectivity index (χ1) is 11.1. The highest BCUT2D eigenvalue weighted by Gasteiger charge is 2.42. The Hall–Kier alpha value is -1.89. The third-order valence-corrected chi connectivity index (χ3v) is 4.35. The second-order valence-electron chi connectivity index (χ2n) is 5.42. The molecule has 1 aromatic heterocycles. The lowest BCUT2D eigenvalue weighted by Gasteiger charge is -2.28. The molecule has 1 unspecified atom stereocenters. The van der Waals surface area contributed by atoms with E-state index < -0.39 is 6.29 Å². The summed E-state index contributed by atoms with van der Waals surface area (Å²) in [5.74, 6) is -0.136. The number of carbonyl (C=O) groups is 1. The van der Waals surface area contributed by atoms with E-state index in [4.69, 9.17) is 21.1 Å². The molecule has 1 amide bonds. The number of hydrogen-bond acceptors (Lipinski definition) is 4. The van der Waals surface area contributed by atoms with Gasteiger partial charge in [-0.25, -0.2) is 0 Å². The highest BCUT2D eigenvalue weighted by Crippen LogP contribution is 2.39. The van der Waals surface area contributed by atoms with Crippen molar-refractivity contribution in [3.8, 4) is 0 Å². The van der Waals surface area contributed by atoms with E-state index in [1.54, 1.807) is 19.1 Å². The van der Waals surface area contributed by atoms with Gasteiger partial charge in [-0.1, -0.05) is 23.7 Å². The highest BCUT2D eigenvalue weighted by molar-refractivity contribution is 6.30. The molecule has 0 spiro atoms. The molecule has 0 radical (unpaired) electrons. The molecule has 0 saturated heterocycles. The average Bonchev–Trinajstić information content (AvgIpc) is 3.05. The van der Waals surface area contributed by atoms with Crippen LogP contribution >= 0.6 is 11.6 Å². The molecule has 1 aliphatic rings. The van der Waals surface area contributed by atoms with E-state index in [0.29, 0.717) is 17.3 Å². The van der Waals surface area contributed by atoms with Crippen LogP contribution in [0.25, 0.3) is 0 Å². The summed E-state index contributed by atoms with van der Waals surface area (Å²) in [6.07, 6.45) is -0.498.